The molecule has 0 saturated carbocycles. The van der Waals surface area contributed by atoms with E-state index in [0.29, 0.717) is 26.4 Å². The van der Waals surface area contributed by atoms with Crippen molar-refractivity contribution in [3.8, 4) is 0 Å². The fourth-order valence-electron chi connectivity index (χ4n) is 3.97. The number of halogens is 1. The second-order valence-electron chi connectivity index (χ2n) is 7.60. The van der Waals surface area contributed by atoms with Crippen molar-refractivity contribution in [2.45, 2.75) is 32.1 Å². The lowest BCUT2D eigenvalue weighted by Gasteiger charge is -2.15. The van der Waals surface area contributed by atoms with Gasteiger partial charge in [0.05, 0.1) is 19.8 Å². The number of unbranched alkanes of at least 4 members (excludes halogenated alkanes) is 3. The molecule has 30 heavy (non-hydrogen) atoms. The molecular weight excluding hydrogens is 398 g/mol. The quantitative estimate of drug-likeness (QED) is 0.273. The van der Waals surface area contributed by atoms with Crippen LogP contribution in [0.2, 0.25) is 0 Å². The first-order valence-electron chi connectivity index (χ1n) is 11.0. The lowest BCUT2D eigenvalue weighted by molar-refractivity contribution is -0.116. The highest BCUT2D eigenvalue weighted by molar-refractivity contribution is 6.17. The monoisotopic (exact) mass is 429 g/mol. The van der Waals surface area contributed by atoms with E-state index in [1.807, 2.05) is 6.07 Å². The fraction of sp³-hybridized carbons (Fsp3) is 0.480. The molecule has 1 amide bonds. The maximum Gasteiger partial charge on any atom is 0.244 e. The molecule has 3 rings (SSSR count). The minimum absolute atomic E-state index is 0.0626. The van der Waals surface area contributed by atoms with Gasteiger partial charge in [-0.3, -0.25) is 4.79 Å². The lowest BCUT2D eigenvalue weighted by Crippen LogP contribution is -2.26. The predicted molar refractivity (Wildman–Crippen MR) is 123 cm³/mol. The third-order valence-corrected chi connectivity index (χ3v) is 5.73. The summed E-state index contributed by atoms with van der Waals surface area (Å²) in [6, 6.07) is 8.34. The highest BCUT2D eigenvalue weighted by atomic mass is 35.5. The predicted octanol–water partition coefficient (Wildman–Crippen LogP) is 4.99. The Labute approximate surface area is 185 Å². The molecule has 0 heterocycles. The van der Waals surface area contributed by atoms with E-state index in [0.717, 1.165) is 43.7 Å². The molecule has 1 aromatic rings. The second-order valence-corrected chi connectivity index (χ2v) is 7.98. The number of benzene rings is 1. The number of ether oxygens (including phenoxy) is 2. The van der Waals surface area contributed by atoms with Crippen molar-refractivity contribution in [3.63, 3.8) is 0 Å². The Morgan fingerprint density at radius 2 is 1.80 bits per heavy atom. The van der Waals surface area contributed by atoms with Crippen LogP contribution in [-0.2, 0) is 14.3 Å². The van der Waals surface area contributed by atoms with Gasteiger partial charge in [-0.25, -0.2) is 0 Å². The van der Waals surface area contributed by atoms with E-state index in [9.17, 15) is 4.79 Å². The summed E-state index contributed by atoms with van der Waals surface area (Å²) in [4.78, 5) is 12.5. The summed E-state index contributed by atoms with van der Waals surface area (Å²) in [6.07, 6.45) is 13.6. The van der Waals surface area contributed by atoms with Gasteiger partial charge in [0.1, 0.15) is 0 Å². The summed E-state index contributed by atoms with van der Waals surface area (Å²) < 4.78 is 11.1. The fourth-order valence-corrected chi connectivity index (χ4v) is 4.16. The third-order valence-electron chi connectivity index (χ3n) is 5.46. The maximum absolute atomic E-state index is 12.5. The molecule has 0 spiro atoms. The molecule has 1 unspecified atom stereocenters. The average molecular weight is 430 g/mol. The first-order chi connectivity index (χ1) is 14.8. The molecule has 0 aliphatic heterocycles. The minimum Gasteiger partial charge on any atom is -0.379 e. The Morgan fingerprint density at radius 1 is 1.03 bits per heavy atom. The third kappa shape index (κ3) is 6.56. The van der Waals surface area contributed by atoms with Crippen molar-refractivity contribution >= 4 is 28.7 Å². The number of carbonyl (C=O) groups excluding carboxylic acids is 1. The van der Waals surface area contributed by atoms with Crippen molar-refractivity contribution in [2.75, 3.05) is 38.9 Å². The zero-order valence-electron chi connectivity index (χ0n) is 17.6. The molecule has 0 bridgehead atoms. The Bertz CT molecular complexity index is 784. The van der Waals surface area contributed by atoms with Gasteiger partial charge in [-0.15, -0.1) is 11.6 Å². The van der Waals surface area contributed by atoms with Gasteiger partial charge in [0.2, 0.25) is 5.91 Å². The first-order valence-corrected chi connectivity index (χ1v) is 11.5. The van der Waals surface area contributed by atoms with Crippen LogP contribution in [-0.4, -0.2) is 44.8 Å². The van der Waals surface area contributed by atoms with E-state index < -0.39 is 0 Å². The molecule has 5 heteroatoms. The van der Waals surface area contributed by atoms with Gasteiger partial charge < -0.3 is 14.8 Å². The van der Waals surface area contributed by atoms with Crippen LogP contribution in [0.4, 0.5) is 0 Å². The zero-order chi connectivity index (χ0) is 21.0. The Morgan fingerprint density at radius 3 is 2.63 bits per heavy atom. The van der Waals surface area contributed by atoms with Crippen LogP contribution in [0.25, 0.3) is 11.1 Å². The molecule has 2 aliphatic rings. The summed E-state index contributed by atoms with van der Waals surface area (Å²) in [6.45, 7) is 2.89. The van der Waals surface area contributed by atoms with Crippen LogP contribution in [0.5, 0.6) is 0 Å². The zero-order valence-corrected chi connectivity index (χ0v) is 18.3. The highest BCUT2D eigenvalue weighted by Crippen LogP contribution is 2.48. The molecular formula is C25H32ClNO3. The molecule has 2 aliphatic carbocycles. The van der Waals surface area contributed by atoms with E-state index >= 15 is 0 Å². The summed E-state index contributed by atoms with van der Waals surface area (Å²) in [7, 11) is 0. The summed E-state index contributed by atoms with van der Waals surface area (Å²) in [5.41, 5.74) is 4.84. The van der Waals surface area contributed by atoms with Gasteiger partial charge in [-0.1, -0.05) is 55.3 Å². The Hall–Kier alpha value is -1.88. The first kappa shape index (κ1) is 22.8. The molecule has 1 N–H and O–H groups in total. The Kier molecular flexibility index (Phi) is 9.68. The van der Waals surface area contributed by atoms with Crippen LogP contribution in [0.3, 0.4) is 0 Å². The molecule has 0 aromatic heterocycles. The smallest absolute Gasteiger partial charge is 0.244 e. The van der Waals surface area contributed by atoms with Gasteiger partial charge in [-0.2, -0.15) is 0 Å². The van der Waals surface area contributed by atoms with E-state index in [1.54, 1.807) is 6.08 Å². The van der Waals surface area contributed by atoms with Crippen LogP contribution < -0.4 is 5.32 Å². The maximum atomic E-state index is 12.5. The summed E-state index contributed by atoms with van der Waals surface area (Å²) in [5.74, 6) is 0.958. The van der Waals surface area contributed by atoms with Crippen LogP contribution in [0.15, 0.2) is 48.6 Å². The minimum atomic E-state index is -0.0626. The second kappa shape index (κ2) is 12.7. The Balaban J connectivity index is 1.33. The van der Waals surface area contributed by atoms with Crippen molar-refractivity contribution < 1.29 is 14.3 Å². The van der Waals surface area contributed by atoms with Gasteiger partial charge in [-0.05, 0) is 41.5 Å². The number of hydrogen-bond donors (Lipinski definition) is 1. The van der Waals surface area contributed by atoms with Crippen LogP contribution in [0, 0.1) is 5.92 Å². The number of allylic oxidation sites excluding steroid dienone is 5. The average Bonchev–Trinajstić information content (AvgIpc) is 3.08. The molecule has 0 saturated heterocycles. The molecule has 4 nitrogen and oxygen atoms in total. The summed E-state index contributed by atoms with van der Waals surface area (Å²) in [5, 5.41) is 2.94. The number of alkyl halides is 1. The van der Waals surface area contributed by atoms with Gasteiger partial charge >= 0.3 is 0 Å². The van der Waals surface area contributed by atoms with Crippen molar-refractivity contribution in [3.05, 3.63) is 59.7 Å². The van der Waals surface area contributed by atoms with E-state index in [1.165, 1.54) is 23.1 Å². The normalized spacial score (nSPS) is 18.2. The van der Waals surface area contributed by atoms with E-state index in [4.69, 9.17) is 21.1 Å². The number of rotatable bonds is 13. The van der Waals surface area contributed by atoms with Gasteiger partial charge in [0.25, 0.3) is 0 Å². The number of hydrogen-bond acceptors (Lipinski definition) is 3. The van der Waals surface area contributed by atoms with Crippen molar-refractivity contribution in [1.29, 1.82) is 0 Å². The lowest BCUT2D eigenvalue weighted by atomic mass is 9.89. The number of nitrogens with one attached hydrogen (secondary N) is 1. The molecule has 1 aromatic carbocycles. The van der Waals surface area contributed by atoms with E-state index in [2.05, 4.69) is 41.7 Å². The van der Waals surface area contributed by atoms with Crippen molar-refractivity contribution in [2.24, 2.45) is 5.92 Å². The highest BCUT2D eigenvalue weighted by Gasteiger charge is 2.31. The number of amides is 1. The largest absolute Gasteiger partial charge is 0.379 e. The van der Waals surface area contributed by atoms with Gasteiger partial charge in [0.15, 0.2) is 0 Å². The van der Waals surface area contributed by atoms with Crippen molar-refractivity contribution in [1.82, 2.24) is 5.32 Å². The SMILES string of the molecule is O=C(/C=C1\c2ccccc2C2=CC=CCC21)NCCOCCOCCCCCCCl. The van der Waals surface area contributed by atoms with E-state index in [-0.39, 0.29) is 11.8 Å². The molecule has 162 valence electrons. The van der Waals surface area contributed by atoms with Crippen LogP contribution >= 0.6 is 11.6 Å². The number of fused-ring (bicyclic) bond motifs is 3. The molecule has 1 atom stereocenters. The topological polar surface area (TPSA) is 47.6 Å². The molecule has 0 radical (unpaired) electrons. The van der Waals surface area contributed by atoms with Gasteiger partial charge in [0, 0.05) is 31.0 Å². The number of carbonyl (C=O) groups is 1. The molecule has 0 fully saturated rings. The summed E-state index contributed by atoms with van der Waals surface area (Å²) >= 11 is 5.65. The van der Waals surface area contributed by atoms with Crippen LogP contribution in [0.1, 0.15) is 43.2 Å². The standard InChI is InChI=1S/C25H32ClNO3/c26-13-7-1-2-8-15-29-17-18-30-16-14-27-25(28)19-24-22-11-5-3-9-20(22)21-10-4-6-12-23(21)24/h3-6,9-11,19,23H,1-2,7-8,12-18H2,(H,27,28)/b24-19+.